The lowest BCUT2D eigenvalue weighted by Crippen LogP contribution is -2.30. The lowest BCUT2D eigenvalue weighted by Gasteiger charge is -2.18. The van der Waals surface area contributed by atoms with Gasteiger partial charge in [0.2, 0.25) is 0 Å². The molecule has 0 aliphatic heterocycles. The largest absolute Gasteiger partial charge is 0.462 e. The monoisotopic (exact) mass is 889 g/mol. The van der Waals surface area contributed by atoms with Crippen LogP contribution >= 0.6 is 0 Å². The molecule has 0 bridgehead atoms. The van der Waals surface area contributed by atoms with Gasteiger partial charge in [0.25, 0.3) is 0 Å². The molecule has 0 heterocycles. The molecule has 0 aliphatic rings. The normalized spacial score (nSPS) is 12.9. The lowest BCUT2D eigenvalue weighted by molar-refractivity contribution is -0.166. The first-order chi connectivity index (χ1) is 31.5. The van der Waals surface area contributed by atoms with E-state index in [9.17, 15) is 14.4 Å². The van der Waals surface area contributed by atoms with Gasteiger partial charge in [-0.05, 0) is 103 Å². The standard InChI is InChI=1S/C58H96O6/c1-4-7-10-13-16-19-22-25-27-29-31-33-36-39-42-45-48-51-57(60)63-54-55(53-62-56(59)50-47-44-41-38-35-32-24-21-18-15-12-9-6-3)64-58(61)52-49-46-43-40-37-34-30-28-26-23-20-17-14-11-8-5-2/h7,9-10,12,16,18-19,21,25,27-28,30,32,35,41,44,55H,4-6,8,11,13-15,17,20,22-24,26,29,31,33-34,36-40,42-43,45-54H2,1-3H3/b10-7-,12-9-,19-16-,21-18-,27-25-,30-28-,35-32-,44-41-. The van der Waals surface area contributed by atoms with E-state index < -0.39 is 6.10 Å². The molecule has 0 spiro atoms. The SMILES string of the molecule is CC/C=C\C/C=C\C/C=C\C/C=C\CCC(=O)OCC(COC(=O)CCCCCCCCC/C=C\C/C=C\C/C=C\CC)OC(=O)CCCCCCC/C=C\CCCCCCCCC. The molecule has 6 heteroatoms. The minimum Gasteiger partial charge on any atom is -0.462 e. The third-order valence-corrected chi connectivity index (χ3v) is 10.8. The van der Waals surface area contributed by atoms with Gasteiger partial charge in [-0.3, -0.25) is 14.4 Å². The van der Waals surface area contributed by atoms with E-state index in [4.69, 9.17) is 14.2 Å². The van der Waals surface area contributed by atoms with Crippen LogP contribution in [0.4, 0.5) is 0 Å². The summed E-state index contributed by atoms with van der Waals surface area (Å²) in [4.78, 5) is 38.0. The summed E-state index contributed by atoms with van der Waals surface area (Å²) in [6, 6.07) is 0. The number of hydrogen-bond donors (Lipinski definition) is 0. The summed E-state index contributed by atoms with van der Waals surface area (Å²) in [5.74, 6) is -1.01. The van der Waals surface area contributed by atoms with Crippen LogP contribution in [0.25, 0.3) is 0 Å². The van der Waals surface area contributed by atoms with Crippen LogP contribution in [-0.4, -0.2) is 37.2 Å². The van der Waals surface area contributed by atoms with Crippen LogP contribution in [0.5, 0.6) is 0 Å². The molecule has 0 aliphatic carbocycles. The number of allylic oxidation sites excluding steroid dienone is 16. The van der Waals surface area contributed by atoms with Gasteiger partial charge in [-0.25, -0.2) is 0 Å². The number of esters is 3. The van der Waals surface area contributed by atoms with Crippen LogP contribution in [-0.2, 0) is 28.6 Å². The molecule has 0 saturated carbocycles. The highest BCUT2D eigenvalue weighted by atomic mass is 16.6. The highest BCUT2D eigenvalue weighted by molar-refractivity contribution is 5.71. The maximum atomic E-state index is 12.8. The van der Waals surface area contributed by atoms with E-state index in [1.54, 1.807) is 0 Å². The second-order valence-corrected chi connectivity index (χ2v) is 17.0. The van der Waals surface area contributed by atoms with Gasteiger partial charge in [-0.15, -0.1) is 0 Å². The van der Waals surface area contributed by atoms with Crippen molar-refractivity contribution in [1.29, 1.82) is 0 Å². The molecule has 6 nitrogen and oxygen atoms in total. The molecule has 0 aromatic carbocycles. The Morgan fingerprint density at radius 1 is 0.328 bits per heavy atom. The van der Waals surface area contributed by atoms with Crippen molar-refractivity contribution in [3.8, 4) is 0 Å². The molecule has 64 heavy (non-hydrogen) atoms. The zero-order valence-corrected chi connectivity index (χ0v) is 41.5. The van der Waals surface area contributed by atoms with Gasteiger partial charge in [0.05, 0.1) is 0 Å². The Hall–Kier alpha value is -3.67. The number of hydrogen-bond acceptors (Lipinski definition) is 6. The molecule has 0 saturated heterocycles. The summed E-state index contributed by atoms with van der Waals surface area (Å²) < 4.78 is 16.7. The summed E-state index contributed by atoms with van der Waals surface area (Å²) in [6.45, 7) is 6.32. The summed E-state index contributed by atoms with van der Waals surface area (Å²) in [5.41, 5.74) is 0. The predicted molar refractivity (Wildman–Crippen MR) is 274 cm³/mol. The van der Waals surface area contributed by atoms with E-state index in [1.165, 1.54) is 83.5 Å². The summed E-state index contributed by atoms with van der Waals surface area (Å²) in [5, 5.41) is 0. The average Bonchev–Trinajstić information content (AvgIpc) is 3.29. The Kier molecular flexibility index (Phi) is 49.0. The second kappa shape index (κ2) is 52.0. The maximum absolute atomic E-state index is 12.8. The molecule has 0 radical (unpaired) electrons. The summed E-state index contributed by atoms with van der Waals surface area (Å²) in [6.07, 6.45) is 68.3. The van der Waals surface area contributed by atoms with Crippen molar-refractivity contribution in [3.05, 3.63) is 97.2 Å². The smallest absolute Gasteiger partial charge is 0.306 e. The van der Waals surface area contributed by atoms with Gasteiger partial charge < -0.3 is 14.2 Å². The fraction of sp³-hybridized carbons (Fsp3) is 0.672. The highest BCUT2D eigenvalue weighted by Crippen LogP contribution is 2.14. The average molecular weight is 889 g/mol. The molecule has 0 rings (SSSR count). The maximum Gasteiger partial charge on any atom is 0.306 e. The molecule has 1 unspecified atom stereocenters. The van der Waals surface area contributed by atoms with Gasteiger partial charge in [-0.1, -0.05) is 208 Å². The Labute approximate surface area is 394 Å². The topological polar surface area (TPSA) is 78.9 Å². The molecule has 1 atom stereocenters. The Balaban J connectivity index is 4.49. The van der Waals surface area contributed by atoms with Crippen LogP contribution in [0.3, 0.4) is 0 Å². The van der Waals surface area contributed by atoms with Crippen molar-refractivity contribution in [3.63, 3.8) is 0 Å². The molecule has 0 aromatic heterocycles. The third kappa shape index (κ3) is 49.3. The highest BCUT2D eigenvalue weighted by Gasteiger charge is 2.19. The molecule has 364 valence electrons. The van der Waals surface area contributed by atoms with Crippen molar-refractivity contribution in [1.82, 2.24) is 0 Å². The van der Waals surface area contributed by atoms with E-state index >= 15 is 0 Å². The van der Waals surface area contributed by atoms with Gasteiger partial charge in [0.1, 0.15) is 13.2 Å². The van der Waals surface area contributed by atoms with Crippen LogP contribution in [0.2, 0.25) is 0 Å². The zero-order valence-electron chi connectivity index (χ0n) is 41.5. The second-order valence-electron chi connectivity index (χ2n) is 17.0. The number of unbranched alkanes of at least 4 members (excludes halogenated alkanes) is 19. The summed E-state index contributed by atoms with van der Waals surface area (Å²) >= 11 is 0. The Bertz CT molecular complexity index is 1300. The number of rotatable bonds is 46. The number of ether oxygens (including phenoxy) is 3. The van der Waals surface area contributed by atoms with Crippen molar-refractivity contribution < 1.29 is 28.6 Å². The molecule has 0 fully saturated rings. The van der Waals surface area contributed by atoms with E-state index in [-0.39, 0.29) is 37.5 Å². The number of carbonyl (C=O) groups is 3. The quantitative estimate of drug-likeness (QED) is 0.0262. The fourth-order valence-corrected chi connectivity index (χ4v) is 6.93. The van der Waals surface area contributed by atoms with Gasteiger partial charge >= 0.3 is 17.9 Å². The van der Waals surface area contributed by atoms with E-state index in [0.717, 1.165) is 103 Å². The molecule has 0 N–H and O–H groups in total. The number of carbonyl (C=O) groups excluding carboxylic acids is 3. The van der Waals surface area contributed by atoms with Gasteiger partial charge in [0, 0.05) is 19.3 Å². The fourth-order valence-electron chi connectivity index (χ4n) is 6.93. The predicted octanol–water partition coefficient (Wildman–Crippen LogP) is 17.4. The van der Waals surface area contributed by atoms with Gasteiger partial charge in [-0.2, -0.15) is 0 Å². The van der Waals surface area contributed by atoms with Crippen molar-refractivity contribution in [2.45, 2.75) is 239 Å². The molecular weight excluding hydrogens is 793 g/mol. The minimum atomic E-state index is -0.815. The molecule has 0 amide bonds. The minimum absolute atomic E-state index is 0.109. The van der Waals surface area contributed by atoms with E-state index in [1.807, 2.05) is 12.2 Å². The van der Waals surface area contributed by atoms with Crippen molar-refractivity contribution in [2.24, 2.45) is 0 Å². The van der Waals surface area contributed by atoms with E-state index in [0.29, 0.717) is 19.3 Å². The first-order valence-corrected chi connectivity index (χ1v) is 26.2. The van der Waals surface area contributed by atoms with Crippen molar-refractivity contribution >= 4 is 17.9 Å². The van der Waals surface area contributed by atoms with Crippen LogP contribution in [0, 0.1) is 0 Å². The first-order valence-electron chi connectivity index (χ1n) is 26.2. The molecular formula is C58H96O6. The Morgan fingerprint density at radius 2 is 0.641 bits per heavy atom. The molecule has 0 aromatic rings. The lowest BCUT2D eigenvalue weighted by atomic mass is 10.1. The van der Waals surface area contributed by atoms with E-state index in [2.05, 4.69) is 106 Å². The van der Waals surface area contributed by atoms with Crippen LogP contribution < -0.4 is 0 Å². The zero-order chi connectivity index (χ0) is 46.5. The first kappa shape index (κ1) is 60.3. The summed E-state index contributed by atoms with van der Waals surface area (Å²) in [7, 11) is 0. The van der Waals surface area contributed by atoms with Crippen LogP contribution in [0.1, 0.15) is 233 Å². The van der Waals surface area contributed by atoms with Crippen molar-refractivity contribution in [2.75, 3.05) is 13.2 Å². The van der Waals surface area contributed by atoms with Crippen LogP contribution in [0.15, 0.2) is 97.2 Å². The van der Waals surface area contributed by atoms with Gasteiger partial charge in [0.15, 0.2) is 6.10 Å². The Morgan fingerprint density at radius 3 is 1.06 bits per heavy atom. The third-order valence-electron chi connectivity index (χ3n) is 10.8.